The van der Waals surface area contributed by atoms with Crippen LogP contribution in [0.1, 0.15) is 64.7 Å². The monoisotopic (exact) mass is 223 g/mol. The maximum absolute atomic E-state index is 11.9. The van der Waals surface area contributed by atoms with Crippen LogP contribution in [-0.2, 0) is 4.79 Å². The molecule has 2 rings (SSSR count). The van der Waals surface area contributed by atoms with Crippen molar-refractivity contribution < 1.29 is 4.79 Å². The van der Waals surface area contributed by atoms with E-state index in [1.165, 1.54) is 44.9 Å². The molecule has 1 N–H and O–H groups in total. The van der Waals surface area contributed by atoms with Gasteiger partial charge in [-0.05, 0) is 38.0 Å². The summed E-state index contributed by atoms with van der Waals surface area (Å²) in [5, 5.41) is 3.30. The number of nitrogens with one attached hydrogen (secondary N) is 1. The summed E-state index contributed by atoms with van der Waals surface area (Å²) in [6.07, 6.45) is 11.3. The van der Waals surface area contributed by atoms with Crippen molar-refractivity contribution >= 4 is 5.91 Å². The molecule has 0 spiro atoms. The van der Waals surface area contributed by atoms with Gasteiger partial charge in [-0.1, -0.05) is 32.6 Å². The summed E-state index contributed by atoms with van der Waals surface area (Å²) >= 11 is 0. The first-order chi connectivity index (χ1) is 7.81. The minimum atomic E-state index is 0.347. The minimum absolute atomic E-state index is 0.347. The SMILES string of the molecule is CCCC[C@@H]1CCC[C@@H]1NC(=O)C1CCC1. The van der Waals surface area contributed by atoms with Crippen LogP contribution in [0.4, 0.5) is 0 Å². The first-order valence-corrected chi connectivity index (χ1v) is 7.11. The van der Waals surface area contributed by atoms with E-state index >= 15 is 0 Å². The average molecular weight is 223 g/mol. The molecular formula is C14H25NO. The summed E-state index contributed by atoms with van der Waals surface area (Å²) in [6.45, 7) is 2.25. The minimum Gasteiger partial charge on any atom is -0.353 e. The van der Waals surface area contributed by atoms with Crippen molar-refractivity contribution in [3.8, 4) is 0 Å². The summed E-state index contributed by atoms with van der Waals surface area (Å²) in [5.74, 6) is 1.47. The second-order valence-corrected chi connectivity index (χ2v) is 5.58. The van der Waals surface area contributed by atoms with E-state index in [0.717, 1.165) is 18.8 Å². The van der Waals surface area contributed by atoms with Crippen molar-refractivity contribution in [1.29, 1.82) is 0 Å². The zero-order valence-corrected chi connectivity index (χ0v) is 10.5. The summed E-state index contributed by atoms with van der Waals surface area (Å²) in [6, 6.07) is 0.500. The number of hydrogen-bond donors (Lipinski definition) is 1. The van der Waals surface area contributed by atoms with Crippen LogP contribution >= 0.6 is 0 Å². The fraction of sp³-hybridized carbons (Fsp3) is 0.929. The largest absolute Gasteiger partial charge is 0.353 e. The number of carbonyl (C=O) groups excluding carboxylic acids is 1. The Morgan fingerprint density at radius 1 is 1.19 bits per heavy atom. The Kier molecular flexibility index (Phi) is 4.25. The number of carbonyl (C=O) groups is 1. The molecule has 2 aliphatic carbocycles. The number of hydrogen-bond acceptors (Lipinski definition) is 1. The topological polar surface area (TPSA) is 29.1 Å². The van der Waals surface area contributed by atoms with Crippen LogP contribution in [-0.4, -0.2) is 11.9 Å². The number of unbranched alkanes of at least 4 members (excludes halogenated alkanes) is 1. The number of rotatable bonds is 5. The van der Waals surface area contributed by atoms with Gasteiger partial charge in [0.05, 0.1) is 0 Å². The van der Waals surface area contributed by atoms with Gasteiger partial charge in [-0.3, -0.25) is 4.79 Å². The van der Waals surface area contributed by atoms with E-state index < -0.39 is 0 Å². The van der Waals surface area contributed by atoms with Crippen molar-refractivity contribution in [3.63, 3.8) is 0 Å². The molecular weight excluding hydrogens is 198 g/mol. The van der Waals surface area contributed by atoms with Crippen molar-refractivity contribution in [1.82, 2.24) is 5.32 Å². The van der Waals surface area contributed by atoms with Crippen LogP contribution in [0, 0.1) is 11.8 Å². The van der Waals surface area contributed by atoms with Gasteiger partial charge in [-0.15, -0.1) is 0 Å². The summed E-state index contributed by atoms with van der Waals surface area (Å²) < 4.78 is 0. The normalized spacial score (nSPS) is 30.1. The Hall–Kier alpha value is -0.530. The Morgan fingerprint density at radius 3 is 2.56 bits per heavy atom. The molecule has 2 fully saturated rings. The predicted octanol–water partition coefficient (Wildman–Crippen LogP) is 3.26. The van der Waals surface area contributed by atoms with Crippen LogP contribution < -0.4 is 5.32 Å². The Morgan fingerprint density at radius 2 is 1.94 bits per heavy atom. The molecule has 0 radical (unpaired) electrons. The molecule has 92 valence electrons. The third-order valence-electron chi connectivity index (χ3n) is 4.39. The van der Waals surface area contributed by atoms with E-state index in [4.69, 9.17) is 0 Å². The first kappa shape index (κ1) is 11.9. The maximum atomic E-state index is 11.9. The first-order valence-electron chi connectivity index (χ1n) is 7.11. The van der Waals surface area contributed by atoms with E-state index in [1.54, 1.807) is 0 Å². The van der Waals surface area contributed by atoms with Crippen LogP contribution in [0.3, 0.4) is 0 Å². The fourth-order valence-corrected chi connectivity index (χ4v) is 3.01. The summed E-state index contributed by atoms with van der Waals surface area (Å²) in [4.78, 5) is 11.9. The zero-order chi connectivity index (χ0) is 11.4. The lowest BCUT2D eigenvalue weighted by molar-refractivity contribution is -0.128. The Balaban J connectivity index is 1.76. The predicted molar refractivity (Wildman–Crippen MR) is 66.1 cm³/mol. The molecule has 0 unspecified atom stereocenters. The Bertz CT molecular complexity index is 235. The van der Waals surface area contributed by atoms with Gasteiger partial charge in [0.1, 0.15) is 0 Å². The molecule has 0 saturated heterocycles. The number of amides is 1. The van der Waals surface area contributed by atoms with E-state index in [1.807, 2.05) is 0 Å². The quantitative estimate of drug-likeness (QED) is 0.761. The summed E-state index contributed by atoms with van der Waals surface area (Å²) in [5.41, 5.74) is 0. The lowest BCUT2D eigenvalue weighted by atomic mass is 9.84. The van der Waals surface area contributed by atoms with E-state index in [-0.39, 0.29) is 0 Å². The molecule has 0 aliphatic heterocycles. The van der Waals surface area contributed by atoms with Crippen LogP contribution in [0.2, 0.25) is 0 Å². The third kappa shape index (κ3) is 2.78. The Labute approximate surface area is 99.2 Å². The molecule has 2 heteroatoms. The summed E-state index contributed by atoms with van der Waals surface area (Å²) in [7, 11) is 0. The second kappa shape index (κ2) is 5.70. The van der Waals surface area contributed by atoms with Crippen molar-refractivity contribution in [2.45, 2.75) is 70.8 Å². The van der Waals surface area contributed by atoms with Gasteiger partial charge in [-0.2, -0.15) is 0 Å². The zero-order valence-electron chi connectivity index (χ0n) is 10.5. The molecule has 2 aliphatic rings. The molecule has 0 aromatic rings. The van der Waals surface area contributed by atoms with Gasteiger partial charge in [0, 0.05) is 12.0 Å². The molecule has 2 atom stereocenters. The van der Waals surface area contributed by atoms with E-state index in [2.05, 4.69) is 12.2 Å². The average Bonchev–Trinajstić information content (AvgIpc) is 2.59. The van der Waals surface area contributed by atoms with Gasteiger partial charge in [-0.25, -0.2) is 0 Å². The molecule has 0 aromatic carbocycles. The lowest BCUT2D eigenvalue weighted by Gasteiger charge is -2.28. The van der Waals surface area contributed by atoms with Crippen molar-refractivity contribution in [2.24, 2.45) is 11.8 Å². The molecule has 0 heterocycles. The van der Waals surface area contributed by atoms with Gasteiger partial charge in [0.25, 0.3) is 0 Å². The van der Waals surface area contributed by atoms with Crippen LogP contribution in [0.25, 0.3) is 0 Å². The van der Waals surface area contributed by atoms with Crippen LogP contribution in [0.5, 0.6) is 0 Å². The molecule has 0 bridgehead atoms. The highest BCUT2D eigenvalue weighted by atomic mass is 16.2. The lowest BCUT2D eigenvalue weighted by Crippen LogP contribution is -2.42. The van der Waals surface area contributed by atoms with Crippen molar-refractivity contribution in [2.75, 3.05) is 0 Å². The van der Waals surface area contributed by atoms with Gasteiger partial charge in [0.2, 0.25) is 5.91 Å². The van der Waals surface area contributed by atoms with E-state index in [9.17, 15) is 4.79 Å². The third-order valence-corrected chi connectivity index (χ3v) is 4.39. The van der Waals surface area contributed by atoms with Gasteiger partial charge in [0.15, 0.2) is 0 Å². The van der Waals surface area contributed by atoms with E-state index in [0.29, 0.717) is 17.9 Å². The highest BCUT2D eigenvalue weighted by Gasteiger charge is 2.31. The van der Waals surface area contributed by atoms with Crippen molar-refractivity contribution in [3.05, 3.63) is 0 Å². The fourth-order valence-electron chi connectivity index (χ4n) is 3.01. The molecule has 2 nitrogen and oxygen atoms in total. The van der Waals surface area contributed by atoms with Gasteiger partial charge < -0.3 is 5.32 Å². The second-order valence-electron chi connectivity index (χ2n) is 5.58. The smallest absolute Gasteiger partial charge is 0.223 e. The molecule has 16 heavy (non-hydrogen) atoms. The van der Waals surface area contributed by atoms with Crippen LogP contribution in [0.15, 0.2) is 0 Å². The molecule has 0 aromatic heterocycles. The standard InChI is InChI=1S/C14H25NO/c1-2-3-6-11-7-5-10-13(11)15-14(16)12-8-4-9-12/h11-13H,2-10H2,1H3,(H,15,16)/t11-,13+/m1/s1. The highest BCUT2D eigenvalue weighted by Crippen LogP contribution is 2.32. The molecule has 2 saturated carbocycles. The maximum Gasteiger partial charge on any atom is 0.223 e. The molecule has 1 amide bonds. The highest BCUT2D eigenvalue weighted by molar-refractivity contribution is 5.79. The van der Waals surface area contributed by atoms with Gasteiger partial charge >= 0.3 is 0 Å².